The number of urea groups is 1. The first-order chi connectivity index (χ1) is 17.3. The molecule has 0 aliphatic carbocycles. The molecule has 3 aromatic rings. The minimum atomic E-state index is -1.12. The predicted molar refractivity (Wildman–Crippen MR) is 140 cm³/mol. The number of benzene rings is 3. The van der Waals surface area contributed by atoms with Crippen LogP contribution in [0.3, 0.4) is 0 Å². The summed E-state index contributed by atoms with van der Waals surface area (Å²) in [5.41, 5.74) is 8.06. The molecule has 3 rings (SSSR count). The number of carboxylic acids is 1. The number of nitrogens with zero attached hydrogens (tertiary/aromatic N) is 1. The molecule has 0 saturated carbocycles. The topological polar surface area (TPSA) is 125 Å². The van der Waals surface area contributed by atoms with Crippen LogP contribution in [0.15, 0.2) is 72.8 Å². The highest BCUT2D eigenvalue weighted by atomic mass is 35.5. The van der Waals surface area contributed by atoms with Crippen molar-refractivity contribution < 1.29 is 19.5 Å². The van der Waals surface area contributed by atoms with E-state index >= 15 is 0 Å². The summed E-state index contributed by atoms with van der Waals surface area (Å²) in [6.07, 6.45) is 0.169. The van der Waals surface area contributed by atoms with Crippen molar-refractivity contribution in [1.29, 1.82) is 0 Å². The number of aliphatic carboxylic acids is 1. The number of hydrogen-bond acceptors (Lipinski definition) is 4. The van der Waals surface area contributed by atoms with Crippen molar-refractivity contribution in [3.63, 3.8) is 0 Å². The van der Waals surface area contributed by atoms with Crippen molar-refractivity contribution in [2.24, 2.45) is 5.73 Å². The zero-order chi connectivity index (χ0) is 26.1. The van der Waals surface area contributed by atoms with Crippen LogP contribution in [0.25, 0.3) is 0 Å². The summed E-state index contributed by atoms with van der Waals surface area (Å²) < 4.78 is 0. The molecule has 0 bridgehead atoms. The average Bonchev–Trinajstić information content (AvgIpc) is 2.86. The molecule has 36 heavy (non-hydrogen) atoms. The van der Waals surface area contributed by atoms with E-state index in [2.05, 4.69) is 10.6 Å². The Balaban J connectivity index is 1.63. The predicted octanol–water partition coefficient (Wildman–Crippen LogP) is 4.41. The highest BCUT2D eigenvalue weighted by Gasteiger charge is 2.21. The second kappa shape index (κ2) is 12.9. The van der Waals surface area contributed by atoms with Crippen LogP contribution in [0.5, 0.6) is 0 Å². The molecular weight excluding hydrogens is 503 g/mol. The molecule has 0 fully saturated rings. The summed E-state index contributed by atoms with van der Waals surface area (Å²) in [5.74, 6) is -1.62. The van der Waals surface area contributed by atoms with Gasteiger partial charge < -0.3 is 26.4 Å². The summed E-state index contributed by atoms with van der Waals surface area (Å²) in [7, 11) is 0. The molecular formula is C26H26Cl2N4O4. The number of nitrogens with two attached hydrogens (primary N) is 1. The fourth-order valence-electron chi connectivity index (χ4n) is 3.46. The first-order valence-electron chi connectivity index (χ1n) is 11.1. The van der Waals surface area contributed by atoms with Crippen LogP contribution >= 0.6 is 23.2 Å². The molecule has 0 aliphatic heterocycles. The molecule has 3 amide bonds. The third-order valence-corrected chi connectivity index (χ3v) is 6.07. The fourth-order valence-corrected chi connectivity index (χ4v) is 3.76. The summed E-state index contributed by atoms with van der Waals surface area (Å²) in [4.78, 5) is 38.6. The maximum absolute atomic E-state index is 12.8. The fraction of sp³-hybridized carbons (Fsp3) is 0.192. The lowest BCUT2D eigenvalue weighted by Crippen LogP contribution is -2.42. The van der Waals surface area contributed by atoms with Gasteiger partial charge in [-0.2, -0.15) is 0 Å². The van der Waals surface area contributed by atoms with Crippen LogP contribution in [0.2, 0.25) is 10.0 Å². The Bertz CT molecular complexity index is 1210. The van der Waals surface area contributed by atoms with Gasteiger partial charge in [0.25, 0.3) is 5.91 Å². The normalized spacial score (nSPS) is 11.4. The zero-order valence-electron chi connectivity index (χ0n) is 19.3. The number of hydrogen-bond donors (Lipinski definition) is 4. The van der Waals surface area contributed by atoms with Crippen LogP contribution < -0.4 is 16.4 Å². The number of nitrogens with one attached hydrogen (secondary N) is 2. The van der Waals surface area contributed by atoms with Gasteiger partial charge in [0.2, 0.25) is 0 Å². The Hall–Kier alpha value is -3.59. The Morgan fingerprint density at radius 1 is 0.917 bits per heavy atom. The molecule has 0 saturated heterocycles. The maximum atomic E-state index is 12.8. The SMILES string of the molecule is NCCN(Cc1ccc(C(=O)N[C@@H](Cc2ccccc2)C(=O)O)cc1)C(=O)Nc1ccc(Cl)c(Cl)c1. The van der Waals surface area contributed by atoms with E-state index in [1.54, 1.807) is 42.5 Å². The van der Waals surface area contributed by atoms with Crippen LogP contribution in [-0.2, 0) is 17.8 Å². The lowest BCUT2D eigenvalue weighted by atomic mass is 10.1. The van der Waals surface area contributed by atoms with Gasteiger partial charge >= 0.3 is 12.0 Å². The van der Waals surface area contributed by atoms with Gasteiger partial charge in [0.05, 0.1) is 10.0 Å². The third-order valence-electron chi connectivity index (χ3n) is 5.33. The van der Waals surface area contributed by atoms with Gasteiger partial charge in [0.15, 0.2) is 0 Å². The Labute approximate surface area is 219 Å². The minimum absolute atomic E-state index is 0.169. The van der Waals surface area contributed by atoms with Gasteiger partial charge in [-0.3, -0.25) is 4.79 Å². The molecule has 0 spiro atoms. The second-order valence-corrected chi connectivity index (χ2v) is 8.83. The van der Waals surface area contributed by atoms with Crippen LogP contribution in [0.1, 0.15) is 21.5 Å². The number of amides is 3. The number of carbonyl (C=O) groups is 3. The van der Waals surface area contributed by atoms with E-state index in [1.807, 2.05) is 30.3 Å². The van der Waals surface area contributed by atoms with E-state index in [0.717, 1.165) is 11.1 Å². The average molecular weight is 529 g/mol. The third kappa shape index (κ3) is 7.71. The molecule has 0 aromatic heterocycles. The number of carboxylic acid groups (broad SMARTS) is 1. The summed E-state index contributed by atoms with van der Waals surface area (Å²) in [6, 6.07) is 19.0. The van der Waals surface area contributed by atoms with E-state index in [9.17, 15) is 19.5 Å². The highest BCUT2D eigenvalue weighted by Crippen LogP contribution is 2.25. The quantitative estimate of drug-likeness (QED) is 0.310. The van der Waals surface area contributed by atoms with Crippen LogP contribution in [-0.4, -0.2) is 47.0 Å². The van der Waals surface area contributed by atoms with Gasteiger partial charge in [0.1, 0.15) is 6.04 Å². The molecule has 188 valence electrons. The lowest BCUT2D eigenvalue weighted by Gasteiger charge is -2.23. The van der Waals surface area contributed by atoms with Gasteiger partial charge in [-0.15, -0.1) is 0 Å². The summed E-state index contributed by atoms with van der Waals surface area (Å²) in [6.45, 7) is 0.806. The number of carbonyl (C=O) groups excluding carboxylic acids is 2. The largest absolute Gasteiger partial charge is 0.480 e. The second-order valence-electron chi connectivity index (χ2n) is 8.02. The standard InChI is InChI=1S/C26H26Cl2N4O4/c27-21-11-10-20(15-22(21)28)30-26(36)32(13-12-29)16-18-6-8-19(9-7-18)24(33)31-23(25(34)35)14-17-4-2-1-3-5-17/h1-11,15,23H,12-14,16,29H2,(H,30,36)(H,31,33)(H,34,35)/t23-/m0/s1. The molecule has 3 aromatic carbocycles. The smallest absolute Gasteiger partial charge is 0.326 e. The van der Waals surface area contributed by atoms with Crippen molar-refractivity contribution in [3.05, 3.63) is 99.5 Å². The van der Waals surface area contributed by atoms with E-state index in [1.165, 1.54) is 4.90 Å². The summed E-state index contributed by atoms with van der Waals surface area (Å²) >= 11 is 11.9. The molecule has 5 N–H and O–H groups in total. The Kier molecular flexibility index (Phi) is 9.69. The van der Waals surface area contributed by atoms with E-state index in [4.69, 9.17) is 28.9 Å². The minimum Gasteiger partial charge on any atom is -0.480 e. The van der Waals surface area contributed by atoms with Crippen molar-refractivity contribution in [2.75, 3.05) is 18.4 Å². The molecule has 0 unspecified atom stereocenters. The number of rotatable bonds is 10. The Morgan fingerprint density at radius 2 is 1.61 bits per heavy atom. The van der Waals surface area contributed by atoms with E-state index < -0.39 is 17.9 Å². The Morgan fingerprint density at radius 3 is 2.22 bits per heavy atom. The van der Waals surface area contributed by atoms with Crippen molar-refractivity contribution in [3.8, 4) is 0 Å². The van der Waals surface area contributed by atoms with E-state index in [-0.39, 0.29) is 25.5 Å². The monoisotopic (exact) mass is 528 g/mol. The molecule has 10 heteroatoms. The van der Waals surface area contributed by atoms with Gasteiger partial charge in [-0.05, 0) is 41.5 Å². The first kappa shape index (κ1) is 27.0. The van der Waals surface area contributed by atoms with Crippen molar-refractivity contribution in [2.45, 2.75) is 19.0 Å². The first-order valence-corrected chi connectivity index (χ1v) is 11.9. The van der Waals surface area contributed by atoms with Crippen molar-refractivity contribution in [1.82, 2.24) is 10.2 Å². The van der Waals surface area contributed by atoms with Gasteiger partial charge in [0, 0.05) is 37.3 Å². The summed E-state index contributed by atoms with van der Waals surface area (Å²) in [5, 5.41) is 15.6. The molecule has 0 heterocycles. The maximum Gasteiger partial charge on any atom is 0.326 e. The van der Waals surface area contributed by atoms with Gasteiger partial charge in [-0.25, -0.2) is 9.59 Å². The van der Waals surface area contributed by atoms with Crippen LogP contribution in [0, 0.1) is 0 Å². The molecule has 0 aliphatic rings. The van der Waals surface area contributed by atoms with Crippen molar-refractivity contribution >= 4 is 46.8 Å². The van der Waals surface area contributed by atoms with Crippen LogP contribution in [0.4, 0.5) is 10.5 Å². The van der Waals surface area contributed by atoms with Gasteiger partial charge in [-0.1, -0.05) is 65.7 Å². The lowest BCUT2D eigenvalue weighted by molar-refractivity contribution is -0.139. The van der Waals surface area contributed by atoms with E-state index in [0.29, 0.717) is 27.8 Å². The number of anilines is 1. The highest BCUT2D eigenvalue weighted by molar-refractivity contribution is 6.42. The zero-order valence-corrected chi connectivity index (χ0v) is 20.8. The molecule has 0 radical (unpaired) electrons. The molecule has 8 nitrogen and oxygen atoms in total. The molecule has 1 atom stereocenters. The number of halogens is 2.